The van der Waals surface area contributed by atoms with Gasteiger partial charge in [0, 0.05) is 15.7 Å². The van der Waals surface area contributed by atoms with Crippen LogP contribution in [-0.2, 0) is 5.75 Å². The van der Waals surface area contributed by atoms with Crippen molar-refractivity contribution in [3.05, 3.63) is 59.1 Å². The van der Waals surface area contributed by atoms with Gasteiger partial charge in [-0.05, 0) is 35.3 Å². The maximum absolute atomic E-state index is 9.27. The van der Waals surface area contributed by atoms with Crippen molar-refractivity contribution in [3.63, 3.8) is 0 Å². The van der Waals surface area contributed by atoms with Crippen molar-refractivity contribution in [2.24, 2.45) is 0 Å². The fourth-order valence-electron chi connectivity index (χ4n) is 1.61. The van der Waals surface area contributed by atoms with Crippen LogP contribution in [0.2, 0.25) is 5.02 Å². The molecule has 0 spiro atoms. The highest BCUT2D eigenvalue weighted by atomic mass is 35.5. The molecule has 0 saturated heterocycles. The van der Waals surface area contributed by atoms with Crippen molar-refractivity contribution in [1.82, 2.24) is 0 Å². The van der Waals surface area contributed by atoms with E-state index in [1.54, 1.807) is 23.9 Å². The third-order valence-corrected chi connectivity index (χ3v) is 3.85. The standard InChI is InChI=1S/C13H12BClO2S/c15-11-5-7-12(8-6-11)18-9-10-3-1-2-4-13(10)14(16)17/h1-8,16-17H,9H2. The Labute approximate surface area is 116 Å². The molecular formula is C13H12BClO2S. The second kappa shape index (κ2) is 6.30. The van der Waals surface area contributed by atoms with Crippen molar-refractivity contribution >= 4 is 35.9 Å². The molecule has 0 aliphatic heterocycles. The molecule has 0 fully saturated rings. The van der Waals surface area contributed by atoms with Gasteiger partial charge in [0.15, 0.2) is 0 Å². The molecule has 2 nitrogen and oxygen atoms in total. The molecule has 0 aliphatic rings. The van der Waals surface area contributed by atoms with Crippen molar-refractivity contribution in [2.45, 2.75) is 10.6 Å². The SMILES string of the molecule is OB(O)c1ccccc1CSc1ccc(Cl)cc1. The molecule has 2 N–H and O–H groups in total. The second-order valence-electron chi connectivity index (χ2n) is 3.82. The van der Waals surface area contributed by atoms with Crippen LogP contribution < -0.4 is 5.46 Å². The van der Waals surface area contributed by atoms with Gasteiger partial charge in [-0.25, -0.2) is 0 Å². The predicted molar refractivity (Wildman–Crippen MR) is 77.3 cm³/mol. The number of thioether (sulfide) groups is 1. The molecule has 0 aromatic heterocycles. The lowest BCUT2D eigenvalue weighted by molar-refractivity contribution is 0.425. The van der Waals surface area contributed by atoms with Crippen LogP contribution in [0.1, 0.15) is 5.56 Å². The quantitative estimate of drug-likeness (QED) is 0.666. The summed E-state index contributed by atoms with van der Waals surface area (Å²) in [6.45, 7) is 0. The van der Waals surface area contributed by atoms with E-state index in [0.29, 0.717) is 16.2 Å². The van der Waals surface area contributed by atoms with E-state index in [-0.39, 0.29) is 0 Å². The van der Waals surface area contributed by atoms with E-state index in [2.05, 4.69) is 0 Å². The van der Waals surface area contributed by atoms with Gasteiger partial charge in [-0.15, -0.1) is 11.8 Å². The topological polar surface area (TPSA) is 40.5 Å². The van der Waals surface area contributed by atoms with Crippen LogP contribution in [0.3, 0.4) is 0 Å². The van der Waals surface area contributed by atoms with Crippen LogP contribution in [-0.4, -0.2) is 17.2 Å². The Morgan fingerprint density at radius 1 is 1.00 bits per heavy atom. The number of rotatable bonds is 4. The van der Waals surface area contributed by atoms with E-state index in [9.17, 15) is 10.0 Å². The summed E-state index contributed by atoms with van der Waals surface area (Å²) in [7, 11) is -1.42. The molecular weight excluding hydrogens is 266 g/mol. The van der Waals surface area contributed by atoms with E-state index in [4.69, 9.17) is 11.6 Å². The first kappa shape index (κ1) is 13.5. The lowest BCUT2D eigenvalue weighted by atomic mass is 9.77. The number of hydrogen-bond donors (Lipinski definition) is 2. The van der Waals surface area contributed by atoms with Crippen LogP contribution >= 0.6 is 23.4 Å². The third kappa shape index (κ3) is 3.53. The smallest absolute Gasteiger partial charge is 0.423 e. The van der Waals surface area contributed by atoms with Gasteiger partial charge in [0.2, 0.25) is 0 Å². The predicted octanol–water partition coefficient (Wildman–Crippen LogP) is 2.31. The molecule has 0 atom stereocenters. The Morgan fingerprint density at radius 3 is 2.33 bits per heavy atom. The van der Waals surface area contributed by atoms with E-state index in [1.165, 1.54) is 0 Å². The highest BCUT2D eigenvalue weighted by Crippen LogP contribution is 2.23. The van der Waals surface area contributed by atoms with Crippen LogP contribution in [0, 0.1) is 0 Å². The maximum Gasteiger partial charge on any atom is 0.488 e. The summed E-state index contributed by atoms with van der Waals surface area (Å²) in [5.41, 5.74) is 1.48. The summed E-state index contributed by atoms with van der Waals surface area (Å²) in [6, 6.07) is 14.9. The number of hydrogen-bond acceptors (Lipinski definition) is 3. The molecule has 0 heterocycles. The van der Waals surface area contributed by atoms with Crippen molar-refractivity contribution in [2.75, 3.05) is 0 Å². The highest BCUT2D eigenvalue weighted by Gasteiger charge is 2.14. The molecule has 0 aliphatic carbocycles. The summed E-state index contributed by atoms with van der Waals surface area (Å²) >= 11 is 7.45. The summed E-state index contributed by atoms with van der Waals surface area (Å²) < 4.78 is 0. The minimum absolute atomic E-state index is 0.555. The van der Waals surface area contributed by atoms with Gasteiger partial charge in [-0.2, -0.15) is 0 Å². The van der Waals surface area contributed by atoms with E-state index in [0.717, 1.165) is 10.5 Å². The second-order valence-corrected chi connectivity index (χ2v) is 5.30. The van der Waals surface area contributed by atoms with Gasteiger partial charge in [0.1, 0.15) is 0 Å². The number of halogens is 1. The Balaban J connectivity index is 2.08. The van der Waals surface area contributed by atoms with Gasteiger partial charge in [0.05, 0.1) is 0 Å². The summed E-state index contributed by atoms with van der Waals surface area (Å²) in [4.78, 5) is 1.10. The average molecular weight is 279 g/mol. The molecule has 0 saturated carbocycles. The fraction of sp³-hybridized carbons (Fsp3) is 0.0769. The molecule has 0 radical (unpaired) electrons. The lowest BCUT2D eigenvalue weighted by Crippen LogP contribution is -2.32. The fourth-order valence-corrected chi connectivity index (χ4v) is 2.65. The molecule has 5 heteroatoms. The minimum atomic E-state index is -1.42. The normalized spacial score (nSPS) is 10.4. The summed E-state index contributed by atoms with van der Waals surface area (Å²) in [6.07, 6.45) is 0. The number of benzene rings is 2. The Hall–Kier alpha value is -0.935. The van der Waals surface area contributed by atoms with Crippen LogP contribution in [0.25, 0.3) is 0 Å². The van der Waals surface area contributed by atoms with Crippen LogP contribution in [0.4, 0.5) is 0 Å². The minimum Gasteiger partial charge on any atom is -0.423 e. The zero-order chi connectivity index (χ0) is 13.0. The van der Waals surface area contributed by atoms with E-state index >= 15 is 0 Å². The zero-order valence-electron chi connectivity index (χ0n) is 9.58. The van der Waals surface area contributed by atoms with Crippen molar-refractivity contribution < 1.29 is 10.0 Å². The van der Waals surface area contributed by atoms with Gasteiger partial charge >= 0.3 is 7.12 Å². The first-order valence-corrected chi connectivity index (χ1v) is 6.85. The van der Waals surface area contributed by atoms with Gasteiger partial charge in [-0.1, -0.05) is 35.9 Å². The van der Waals surface area contributed by atoms with Crippen LogP contribution in [0.15, 0.2) is 53.4 Å². The van der Waals surface area contributed by atoms with Crippen molar-refractivity contribution in [1.29, 1.82) is 0 Å². The van der Waals surface area contributed by atoms with Gasteiger partial charge in [0.25, 0.3) is 0 Å². The average Bonchev–Trinajstić information content (AvgIpc) is 2.38. The monoisotopic (exact) mass is 278 g/mol. The molecule has 0 bridgehead atoms. The van der Waals surface area contributed by atoms with E-state index < -0.39 is 7.12 Å². The molecule has 0 unspecified atom stereocenters. The zero-order valence-corrected chi connectivity index (χ0v) is 11.2. The molecule has 2 aromatic carbocycles. The van der Waals surface area contributed by atoms with Crippen LogP contribution in [0.5, 0.6) is 0 Å². The Kier molecular flexibility index (Phi) is 4.72. The largest absolute Gasteiger partial charge is 0.488 e. The molecule has 18 heavy (non-hydrogen) atoms. The first-order chi connectivity index (χ1) is 8.66. The summed E-state index contributed by atoms with van der Waals surface area (Å²) in [5, 5.41) is 19.2. The summed E-state index contributed by atoms with van der Waals surface area (Å²) in [5.74, 6) is 0.690. The Bertz CT molecular complexity index is 517. The van der Waals surface area contributed by atoms with E-state index in [1.807, 2.05) is 36.4 Å². The van der Waals surface area contributed by atoms with Gasteiger partial charge < -0.3 is 10.0 Å². The molecule has 2 rings (SSSR count). The lowest BCUT2D eigenvalue weighted by Gasteiger charge is -2.08. The first-order valence-electron chi connectivity index (χ1n) is 5.49. The molecule has 2 aromatic rings. The molecule has 0 amide bonds. The third-order valence-electron chi connectivity index (χ3n) is 2.54. The highest BCUT2D eigenvalue weighted by molar-refractivity contribution is 7.98. The van der Waals surface area contributed by atoms with Crippen molar-refractivity contribution in [3.8, 4) is 0 Å². The van der Waals surface area contributed by atoms with Gasteiger partial charge in [-0.3, -0.25) is 0 Å². The Morgan fingerprint density at radius 2 is 1.67 bits per heavy atom. The maximum atomic E-state index is 9.27. The molecule has 92 valence electrons.